The van der Waals surface area contributed by atoms with Gasteiger partial charge in [-0.15, -0.1) is 12.7 Å². The van der Waals surface area contributed by atoms with Crippen molar-refractivity contribution >= 4 is 6.75 Å². The molecule has 0 aromatic carbocycles. The van der Waals surface area contributed by atoms with E-state index in [2.05, 4.69) is 6.58 Å². The molecule has 0 saturated carbocycles. The molecule has 0 aromatic heterocycles. The van der Waals surface area contributed by atoms with Crippen LogP contribution in [0.5, 0.6) is 0 Å². The van der Waals surface area contributed by atoms with Gasteiger partial charge in [0.1, 0.15) is 0 Å². The van der Waals surface area contributed by atoms with E-state index in [1.807, 2.05) is 0 Å². The predicted molar refractivity (Wildman–Crippen MR) is 27.4 cm³/mol. The highest BCUT2D eigenvalue weighted by Crippen LogP contribution is 1.93. The molecule has 0 saturated heterocycles. The second-order valence-corrected chi connectivity index (χ2v) is 1.42. The first-order valence-corrected chi connectivity index (χ1v) is 2.00. The summed E-state index contributed by atoms with van der Waals surface area (Å²) in [7, 11) is 0. The Balaban J connectivity index is 3.34. The molecule has 4 heteroatoms. The Morgan fingerprint density at radius 1 is 1.43 bits per heavy atom. The highest BCUT2D eigenvalue weighted by atomic mass is 16.5. The predicted octanol–water partition coefficient (Wildman–Crippen LogP) is -0.912. The fourth-order valence-electron chi connectivity index (χ4n) is 0.224. The zero-order valence-electron chi connectivity index (χ0n) is 3.91. The van der Waals surface area contributed by atoms with Crippen LogP contribution in [0.1, 0.15) is 0 Å². The summed E-state index contributed by atoms with van der Waals surface area (Å²) in [6, 6.07) is 0. The van der Waals surface area contributed by atoms with Gasteiger partial charge in [0, 0.05) is 0 Å². The van der Waals surface area contributed by atoms with Crippen molar-refractivity contribution < 1.29 is 15.1 Å². The Hall–Kier alpha value is -0.315. The van der Waals surface area contributed by atoms with Crippen molar-refractivity contribution in [2.45, 2.75) is 6.32 Å². The van der Waals surface area contributed by atoms with Crippen LogP contribution in [-0.4, -0.2) is 21.8 Å². The maximum atomic E-state index is 8.12. The SMILES string of the molecule is C=CC[B-](O)(O)O. The smallest absolute Gasteiger partial charge is 0.375 e. The standard InChI is InChI=1S/C3H8BO3/c1-2-3-4(5,6)7/h2,5-7H,1,3H2/q-1. The second kappa shape index (κ2) is 2.11. The average molecular weight is 103 g/mol. The van der Waals surface area contributed by atoms with Gasteiger partial charge in [-0.25, -0.2) is 0 Å². The molecule has 0 bridgehead atoms. The van der Waals surface area contributed by atoms with E-state index in [1.54, 1.807) is 0 Å². The molecule has 0 amide bonds. The summed E-state index contributed by atoms with van der Waals surface area (Å²) in [6.45, 7) is 0.0706. The molecule has 0 fully saturated rings. The van der Waals surface area contributed by atoms with E-state index in [0.29, 0.717) is 0 Å². The van der Waals surface area contributed by atoms with Gasteiger partial charge in [0.2, 0.25) is 0 Å². The van der Waals surface area contributed by atoms with Gasteiger partial charge in [0.05, 0.1) is 0 Å². The van der Waals surface area contributed by atoms with Crippen molar-refractivity contribution in [1.29, 1.82) is 0 Å². The third-order valence-electron chi connectivity index (χ3n) is 0.483. The molecule has 0 rings (SSSR count). The van der Waals surface area contributed by atoms with Gasteiger partial charge in [-0.2, -0.15) is 0 Å². The fraction of sp³-hybridized carbons (Fsp3) is 0.333. The first-order chi connectivity index (χ1) is 3.06. The van der Waals surface area contributed by atoms with E-state index >= 15 is 0 Å². The molecule has 42 valence electrons. The normalized spacial score (nSPS) is 11.3. The van der Waals surface area contributed by atoms with Crippen LogP contribution in [-0.2, 0) is 0 Å². The number of hydrogen-bond donors (Lipinski definition) is 3. The monoisotopic (exact) mass is 103 g/mol. The van der Waals surface area contributed by atoms with Crippen molar-refractivity contribution in [3.63, 3.8) is 0 Å². The number of allylic oxidation sites excluding steroid dienone is 1. The summed E-state index contributed by atoms with van der Waals surface area (Å²) in [5.74, 6) is 0. The Kier molecular flexibility index (Phi) is 2.02. The van der Waals surface area contributed by atoms with Crippen molar-refractivity contribution in [3.8, 4) is 0 Å². The molecule has 0 atom stereocenters. The molecule has 0 aliphatic heterocycles. The molecule has 0 heterocycles. The molecule has 3 N–H and O–H groups in total. The van der Waals surface area contributed by atoms with Crippen LogP contribution < -0.4 is 0 Å². The lowest BCUT2D eigenvalue weighted by molar-refractivity contribution is 0.233. The molecule has 0 radical (unpaired) electrons. The molecule has 0 aliphatic rings. The summed E-state index contributed by atoms with van der Waals surface area (Å²) >= 11 is 0. The molecule has 0 unspecified atom stereocenters. The molecular formula is C3H8BO3-. The molecule has 3 nitrogen and oxygen atoms in total. The molecule has 0 aromatic rings. The minimum Gasteiger partial charge on any atom is -0.559 e. The van der Waals surface area contributed by atoms with Crippen molar-refractivity contribution in [3.05, 3.63) is 12.7 Å². The van der Waals surface area contributed by atoms with Crippen molar-refractivity contribution in [2.75, 3.05) is 0 Å². The fourth-order valence-corrected chi connectivity index (χ4v) is 0.224. The van der Waals surface area contributed by atoms with E-state index in [1.165, 1.54) is 6.08 Å². The lowest BCUT2D eigenvalue weighted by Crippen LogP contribution is -2.33. The Bertz CT molecular complexity index is 65.1. The third kappa shape index (κ3) is 5.68. The largest absolute Gasteiger partial charge is 0.559 e. The lowest BCUT2D eigenvalue weighted by atomic mass is 9.76. The Morgan fingerprint density at radius 3 is 1.86 bits per heavy atom. The van der Waals surface area contributed by atoms with Crippen LogP contribution in [0.2, 0.25) is 6.32 Å². The third-order valence-corrected chi connectivity index (χ3v) is 0.483. The van der Waals surface area contributed by atoms with Crippen LogP contribution in [0.15, 0.2) is 12.7 Å². The Labute approximate surface area is 41.9 Å². The number of hydrogen-bond acceptors (Lipinski definition) is 3. The summed E-state index contributed by atoms with van der Waals surface area (Å²) in [5.41, 5.74) is 0. The highest BCUT2D eigenvalue weighted by molar-refractivity contribution is 6.56. The molecule has 7 heavy (non-hydrogen) atoms. The Morgan fingerprint density at radius 2 is 1.86 bits per heavy atom. The van der Waals surface area contributed by atoms with Crippen molar-refractivity contribution in [1.82, 2.24) is 0 Å². The topological polar surface area (TPSA) is 60.7 Å². The van der Waals surface area contributed by atoms with Gasteiger partial charge in [-0.05, 0) is 0 Å². The summed E-state index contributed by atoms with van der Waals surface area (Å²) in [4.78, 5) is 0. The molecule has 0 aliphatic carbocycles. The number of rotatable bonds is 2. The molecule has 0 spiro atoms. The van der Waals surface area contributed by atoms with E-state index in [4.69, 9.17) is 15.1 Å². The first kappa shape index (κ1) is 6.68. The minimum absolute atomic E-state index is 0.167. The average Bonchev–Trinajstić information content (AvgIpc) is 1.30. The van der Waals surface area contributed by atoms with E-state index in [0.717, 1.165) is 0 Å². The van der Waals surface area contributed by atoms with E-state index < -0.39 is 6.75 Å². The molecular weight excluding hydrogens is 94.8 g/mol. The minimum atomic E-state index is -3.11. The highest BCUT2D eigenvalue weighted by Gasteiger charge is 2.10. The summed E-state index contributed by atoms with van der Waals surface area (Å²) in [5, 5.41) is 24.4. The quantitative estimate of drug-likeness (QED) is 0.313. The zero-order valence-corrected chi connectivity index (χ0v) is 3.91. The summed E-state index contributed by atoms with van der Waals surface area (Å²) < 4.78 is 0. The maximum Gasteiger partial charge on any atom is 0.375 e. The maximum absolute atomic E-state index is 8.12. The van der Waals surface area contributed by atoms with Crippen LogP contribution in [0.25, 0.3) is 0 Å². The van der Waals surface area contributed by atoms with Gasteiger partial charge in [0.15, 0.2) is 0 Å². The van der Waals surface area contributed by atoms with Crippen LogP contribution in [0, 0.1) is 0 Å². The van der Waals surface area contributed by atoms with Gasteiger partial charge in [-0.1, -0.05) is 6.32 Å². The van der Waals surface area contributed by atoms with Gasteiger partial charge < -0.3 is 15.1 Å². The van der Waals surface area contributed by atoms with E-state index in [9.17, 15) is 0 Å². The first-order valence-electron chi connectivity index (χ1n) is 2.00. The zero-order chi connectivity index (χ0) is 5.91. The van der Waals surface area contributed by atoms with Gasteiger partial charge in [0.25, 0.3) is 0 Å². The second-order valence-electron chi connectivity index (χ2n) is 1.42. The summed E-state index contributed by atoms with van der Waals surface area (Å²) in [6.07, 6.45) is 1.07. The lowest BCUT2D eigenvalue weighted by Gasteiger charge is -2.16. The van der Waals surface area contributed by atoms with Gasteiger partial charge in [-0.3, -0.25) is 0 Å². The van der Waals surface area contributed by atoms with Crippen molar-refractivity contribution in [2.24, 2.45) is 0 Å². The van der Waals surface area contributed by atoms with Crippen LogP contribution in [0.4, 0.5) is 0 Å². The van der Waals surface area contributed by atoms with Crippen LogP contribution >= 0.6 is 0 Å². The van der Waals surface area contributed by atoms with Crippen LogP contribution in [0.3, 0.4) is 0 Å². The van der Waals surface area contributed by atoms with Gasteiger partial charge >= 0.3 is 6.75 Å². The van der Waals surface area contributed by atoms with E-state index in [-0.39, 0.29) is 6.32 Å².